The van der Waals surface area contributed by atoms with Crippen molar-refractivity contribution in [1.29, 1.82) is 0 Å². The van der Waals surface area contributed by atoms with Gasteiger partial charge in [-0.05, 0) is 17.7 Å². The third-order valence-corrected chi connectivity index (χ3v) is 5.40. The molecule has 0 atom stereocenters. The van der Waals surface area contributed by atoms with Crippen molar-refractivity contribution in [3.63, 3.8) is 0 Å². The molecule has 1 aromatic carbocycles. The summed E-state index contributed by atoms with van der Waals surface area (Å²) in [6, 6.07) is 13.9. The van der Waals surface area contributed by atoms with Crippen LogP contribution >= 0.6 is 11.3 Å². The number of thiazole rings is 1. The van der Waals surface area contributed by atoms with Gasteiger partial charge in [-0.25, -0.2) is 4.98 Å². The number of hydrogen-bond donors (Lipinski definition) is 0. The van der Waals surface area contributed by atoms with E-state index in [4.69, 9.17) is 0 Å². The lowest BCUT2D eigenvalue weighted by Gasteiger charge is -2.34. The van der Waals surface area contributed by atoms with E-state index in [1.165, 1.54) is 10.4 Å². The predicted molar refractivity (Wildman–Crippen MR) is 99.9 cm³/mol. The summed E-state index contributed by atoms with van der Waals surface area (Å²) in [6.45, 7) is 3.00. The number of anilines is 1. The second-order valence-electron chi connectivity index (χ2n) is 5.89. The average Bonchev–Trinajstić information content (AvgIpc) is 3.19. The van der Waals surface area contributed by atoms with Gasteiger partial charge in [0.1, 0.15) is 0 Å². The van der Waals surface area contributed by atoms with Crippen LogP contribution in [0, 0.1) is 0 Å². The van der Waals surface area contributed by atoms with Crippen LogP contribution in [0.3, 0.4) is 0 Å². The molecule has 6 heteroatoms. The van der Waals surface area contributed by atoms with E-state index >= 15 is 0 Å². The van der Waals surface area contributed by atoms with Gasteiger partial charge < -0.3 is 9.80 Å². The zero-order valence-electron chi connectivity index (χ0n) is 13.7. The van der Waals surface area contributed by atoms with E-state index in [0.717, 1.165) is 18.2 Å². The van der Waals surface area contributed by atoms with Crippen molar-refractivity contribution in [2.24, 2.45) is 0 Å². The number of piperazine rings is 1. The normalized spacial score (nSPS) is 14.6. The van der Waals surface area contributed by atoms with Crippen LogP contribution in [0.25, 0.3) is 10.4 Å². The van der Waals surface area contributed by atoms with Crippen LogP contribution in [0.5, 0.6) is 0 Å². The highest BCUT2D eigenvalue weighted by molar-refractivity contribution is 7.18. The van der Waals surface area contributed by atoms with E-state index in [1.54, 1.807) is 29.8 Å². The van der Waals surface area contributed by atoms with Gasteiger partial charge in [-0.15, -0.1) is 0 Å². The highest BCUT2D eigenvalue weighted by atomic mass is 32.1. The second kappa shape index (κ2) is 7.03. The third-order valence-electron chi connectivity index (χ3n) is 4.30. The molecule has 0 aliphatic carbocycles. The third kappa shape index (κ3) is 3.39. The Bertz CT molecular complexity index is 842. The SMILES string of the molecule is O=C(c1cccnc1)N1CCN(c2ncc(-c3ccccc3)s2)CC1. The summed E-state index contributed by atoms with van der Waals surface area (Å²) in [4.78, 5) is 26.4. The maximum atomic E-state index is 12.5. The van der Waals surface area contributed by atoms with Gasteiger partial charge >= 0.3 is 0 Å². The molecule has 0 unspecified atom stereocenters. The number of pyridine rings is 1. The fraction of sp³-hybridized carbons (Fsp3) is 0.211. The Morgan fingerprint density at radius 1 is 0.960 bits per heavy atom. The summed E-state index contributed by atoms with van der Waals surface area (Å²) in [7, 11) is 0. The highest BCUT2D eigenvalue weighted by Crippen LogP contribution is 2.31. The van der Waals surface area contributed by atoms with Crippen LogP contribution in [0.2, 0.25) is 0 Å². The molecule has 3 heterocycles. The number of carbonyl (C=O) groups excluding carboxylic acids is 1. The number of rotatable bonds is 3. The van der Waals surface area contributed by atoms with Gasteiger partial charge in [0.05, 0.1) is 10.4 Å². The molecule has 1 fully saturated rings. The molecule has 5 nitrogen and oxygen atoms in total. The topological polar surface area (TPSA) is 49.3 Å². The molecule has 0 spiro atoms. The Labute approximate surface area is 150 Å². The van der Waals surface area contributed by atoms with E-state index in [2.05, 4.69) is 27.0 Å². The first kappa shape index (κ1) is 15.8. The minimum absolute atomic E-state index is 0.0527. The largest absolute Gasteiger partial charge is 0.345 e. The molecule has 1 aliphatic heterocycles. The van der Waals surface area contributed by atoms with Gasteiger partial charge in [0, 0.05) is 44.8 Å². The molecule has 1 amide bonds. The summed E-state index contributed by atoms with van der Waals surface area (Å²) in [5.41, 5.74) is 1.84. The Morgan fingerprint density at radius 2 is 1.76 bits per heavy atom. The van der Waals surface area contributed by atoms with Crippen LogP contribution in [-0.2, 0) is 0 Å². The van der Waals surface area contributed by atoms with E-state index in [0.29, 0.717) is 18.7 Å². The molecule has 126 valence electrons. The average molecular weight is 350 g/mol. The van der Waals surface area contributed by atoms with Crippen molar-refractivity contribution in [3.05, 3.63) is 66.6 Å². The van der Waals surface area contributed by atoms with Crippen molar-refractivity contribution >= 4 is 22.4 Å². The van der Waals surface area contributed by atoms with E-state index in [-0.39, 0.29) is 5.91 Å². The Kier molecular flexibility index (Phi) is 4.43. The molecule has 4 rings (SSSR count). The van der Waals surface area contributed by atoms with Gasteiger partial charge in [0.25, 0.3) is 5.91 Å². The summed E-state index contributed by atoms with van der Waals surface area (Å²) in [5.74, 6) is 0.0527. The number of benzene rings is 1. The Balaban J connectivity index is 1.41. The van der Waals surface area contributed by atoms with Crippen molar-refractivity contribution < 1.29 is 4.79 Å². The fourth-order valence-corrected chi connectivity index (χ4v) is 3.89. The van der Waals surface area contributed by atoms with Crippen molar-refractivity contribution in [1.82, 2.24) is 14.9 Å². The summed E-state index contributed by atoms with van der Waals surface area (Å²) < 4.78 is 0. The summed E-state index contributed by atoms with van der Waals surface area (Å²) >= 11 is 1.70. The highest BCUT2D eigenvalue weighted by Gasteiger charge is 2.23. The molecular formula is C19H18N4OS. The Morgan fingerprint density at radius 3 is 2.48 bits per heavy atom. The van der Waals surface area contributed by atoms with Crippen molar-refractivity contribution in [3.8, 4) is 10.4 Å². The number of hydrogen-bond acceptors (Lipinski definition) is 5. The van der Waals surface area contributed by atoms with E-state index in [1.807, 2.05) is 35.4 Å². The smallest absolute Gasteiger partial charge is 0.255 e. The quantitative estimate of drug-likeness (QED) is 0.728. The van der Waals surface area contributed by atoms with Crippen molar-refractivity contribution in [2.75, 3.05) is 31.1 Å². The molecule has 0 N–H and O–H groups in total. The lowest BCUT2D eigenvalue weighted by atomic mass is 10.2. The summed E-state index contributed by atoms with van der Waals surface area (Å²) in [6.07, 6.45) is 5.24. The minimum Gasteiger partial charge on any atom is -0.345 e. The van der Waals surface area contributed by atoms with Crippen LogP contribution in [-0.4, -0.2) is 47.0 Å². The molecule has 25 heavy (non-hydrogen) atoms. The molecule has 0 bridgehead atoms. The van der Waals surface area contributed by atoms with Gasteiger partial charge in [-0.3, -0.25) is 9.78 Å². The number of carbonyl (C=O) groups is 1. The monoisotopic (exact) mass is 350 g/mol. The number of amides is 1. The van der Waals surface area contributed by atoms with Crippen LogP contribution < -0.4 is 4.90 Å². The van der Waals surface area contributed by atoms with Gasteiger partial charge in [-0.1, -0.05) is 41.7 Å². The predicted octanol–water partition coefficient (Wildman–Crippen LogP) is 3.17. The Hall–Kier alpha value is -2.73. The maximum Gasteiger partial charge on any atom is 0.255 e. The number of aromatic nitrogens is 2. The first-order valence-electron chi connectivity index (χ1n) is 8.27. The standard InChI is InChI=1S/C19H18N4OS/c24-18(16-7-4-8-20-13-16)22-9-11-23(12-10-22)19-21-14-17(25-19)15-5-2-1-3-6-15/h1-8,13-14H,9-12H2. The molecule has 3 aromatic rings. The van der Waals surface area contributed by atoms with Crippen LogP contribution in [0.15, 0.2) is 61.1 Å². The molecule has 1 aliphatic rings. The van der Waals surface area contributed by atoms with Crippen LogP contribution in [0.1, 0.15) is 10.4 Å². The zero-order valence-corrected chi connectivity index (χ0v) is 14.5. The fourth-order valence-electron chi connectivity index (χ4n) is 2.92. The molecule has 2 aromatic heterocycles. The maximum absolute atomic E-state index is 12.5. The van der Waals surface area contributed by atoms with E-state index < -0.39 is 0 Å². The lowest BCUT2D eigenvalue weighted by molar-refractivity contribution is 0.0746. The number of nitrogens with zero attached hydrogens (tertiary/aromatic N) is 4. The van der Waals surface area contributed by atoms with Gasteiger partial charge in [-0.2, -0.15) is 0 Å². The first-order chi connectivity index (χ1) is 12.3. The second-order valence-corrected chi connectivity index (χ2v) is 6.90. The first-order valence-corrected chi connectivity index (χ1v) is 9.08. The molecule has 1 saturated heterocycles. The zero-order chi connectivity index (χ0) is 17.1. The van der Waals surface area contributed by atoms with Crippen LogP contribution in [0.4, 0.5) is 5.13 Å². The lowest BCUT2D eigenvalue weighted by Crippen LogP contribution is -2.48. The molecular weight excluding hydrogens is 332 g/mol. The minimum atomic E-state index is 0.0527. The van der Waals surface area contributed by atoms with E-state index in [9.17, 15) is 4.79 Å². The van der Waals surface area contributed by atoms with Crippen molar-refractivity contribution in [2.45, 2.75) is 0 Å². The van der Waals surface area contributed by atoms with Gasteiger partial charge in [0.15, 0.2) is 5.13 Å². The molecule has 0 saturated carbocycles. The molecule has 0 radical (unpaired) electrons. The summed E-state index contributed by atoms with van der Waals surface area (Å²) in [5, 5.41) is 1.02. The van der Waals surface area contributed by atoms with Gasteiger partial charge in [0.2, 0.25) is 0 Å².